The third kappa shape index (κ3) is 4.83. The lowest BCUT2D eigenvalue weighted by Crippen LogP contribution is -1.99. The van der Waals surface area contributed by atoms with Gasteiger partial charge in [0.25, 0.3) is 5.88 Å². The van der Waals surface area contributed by atoms with Crippen LogP contribution in [-0.2, 0) is 0 Å². The van der Waals surface area contributed by atoms with Crippen LogP contribution in [0, 0.1) is 11.3 Å². The van der Waals surface area contributed by atoms with E-state index >= 15 is 0 Å². The molecule has 25 heavy (non-hydrogen) atoms. The molecule has 0 aliphatic carbocycles. The molecule has 0 saturated heterocycles. The number of ether oxygens (including phenoxy) is 1. The maximum Gasteiger partial charge on any atom is 0.252 e. The minimum Gasteiger partial charge on any atom is -0.493 e. The van der Waals surface area contributed by atoms with E-state index in [-0.39, 0.29) is 17.5 Å². The van der Waals surface area contributed by atoms with Crippen molar-refractivity contribution in [1.29, 1.82) is 5.26 Å². The van der Waals surface area contributed by atoms with Crippen molar-refractivity contribution < 1.29 is 9.15 Å². The van der Waals surface area contributed by atoms with Crippen LogP contribution in [0.2, 0.25) is 0 Å². The Labute approximate surface area is 148 Å². The van der Waals surface area contributed by atoms with E-state index in [1.165, 1.54) is 0 Å². The summed E-state index contributed by atoms with van der Waals surface area (Å²) >= 11 is 0. The number of hydrogen-bond acceptors (Lipinski definition) is 6. The lowest BCUT2D eigenvalue weighted by atomic mass is 10.0. The number of benzene rings is 1. The first-order chi connectivity index (χ1) is 12.2. The molecule has 0 unspecified atom stereocenters. The maximum atomic E-state index is 9.23. The van der Waals surface area contributed by atoms with Crippen LogP contribution in [0.1, 0.15) is 63.1 Å². The minimum atomic E-state index is 0.204. The second-order valence-corrected chi connectivity index (χ2v) is 5.61. The molecule has 0 bridgehead atoms. The Balaban J connectivity index is 2.13. The summed E-state index contributed by atoms with van der Waals surface area (Å²) in [7, 11) is 0. The molecule has 0 radical (unpaired) electrons. The molecular weight excluding hydrogens is 316 g/mol. The number of oxazole rings is 1. The van der Waals surface area contributed by atoms with Gasteiger partial charge < -0.3 is 9.15 Å². The molecule has 2 aromatic rings. The lowest BCUT2D eigenvalue weighted by Gasteiger charge is -2.07. The molecule has 6 nitrogen and oxygen atoms in total. The van der Waals surface area contributed by atoms with Gasteiger partial charge in [0.2, 0.25) is 11.6 Å². The molecular formula is C19H24N4O2. The topological polar surface area (TPSA) is 83.4 Å². The van der Waals surface area contributed by atoms with Gasteiger partial charge in [-0.25, -0.2) is 10.4 Å². The Morgan fingerprint density at radius 3 is 2.76 bits per heavy atom. The van der Waals surface area contributed by atoms with Gasteiger partial charge in [0.15, 0.2) is 0 Å². The molecule has 0 amide bonds. The second kappa shape index (κ2) is 9.48. The molecule has 0 fully saturated rings. The monoisotopic (exact) mass is 340 g/mol. The predicted octanol–water partition coefficient (Wildman–Crippen LogP) is 4.68. The van der Waals surface area contributed by atoms with Crippen molar-refractivity contribution in [2.45, 2.75) is 46.0 Å². The van der Waals surface area contributed by atoms with Crippen molar-refractivity contribution in [3.8, 4) is 11.8 Å². The highest BCUT2D eigenvalue weighted by atomic mass is 16.5. The Morgan fingerprint density at radius 1 is 1.32 bits per heavy atom. The number of para-hydroxylation sites is 1. The predicted molar refractivity (Wildman–Crippen MR) is 98.0 cm³/mol. The van der Waals surface area contributed by atoms with Crippen molar-refractivity contribution in [3.05, 3.63) is 41.4 Å². The van der Waals surface area contributed by atoms with E-state index in [4.69, 9.17) is 9.15 Å². The van der Waals surface area contributed by atoms with Gasteiger partial charge in [0.1, 0.15) is 11.8 Å². The van der Waals surface area contributed by atoms with Gasteiger partial charge in [-0.1, -0.05) is 32.9 Å². The van der Waals surface area contributed by atoms with Gasteiger partial charge in [0, 0.05) is 11.5 Å². The van der Waals surface area contributed by atoms with Gasteiger partial charge in [0.05, 0.1) is 12.8 Å². The molecule has 1 N–H and O–H groups in total. The summed E-state index contributed by atoms with van der Waals surface area (Å²) in [6.45, 7) is 6.85. The summed E-state index contributed by atoms with van der Waals surface area (Å²) in [6, 6.07) is 9.69. The molecule has 132 valence electrons. The molecule has 0 aliphatic rings. The molecule has 2 rings (SSSR count). The van der Waals surface area contributed by atoms with Crippen LogP contribution in [0.4, 0.5) is 5.88 Å². The largest absolute Gasteiger partial charge is 0.493 e. The number of nitrogens with zero attached hydrogens (tertiary/aromatic N) is 3. The molecule has 1 aromatic carbocycles. The summed E-state index contributed by atoms with van der Waals surface area (Å²) < 4.78 is 11.4. The third-order valence-corrected chi connectivity index (χ3v) is 3.83. The van der Waals surface area contributed by atoms with Crippen LogP contribution in [-0.4, -0.2) is 17.8 Å². The van der Waals surface area contributed by atoms with Gasteiger partial charge in [-0.2, -0.15) is 10.4 Å². The number of hydrogen-bond donors (Lipinski definition) is 1. The van der Waals surface area contributed by atoms with Crippen molar-refractivity contribution in [1.82, 2.24) is 4.98 Å². The number of nitrogens with one attached hydrogen (secondary N) is 1. The molecule has 0 spiro atoms. The van der Waals surface area contributed by atoms with Crippen LogP contribution in [0.5, 0.6) is 5.75 Å². The summed E-state index contributed by atoms with van der Waals surface area (Å²) in [5.74, 6) is 1.82. The van der Waals surface area contributed by atoms with Crippen molar-refractivity contribution in [3.63, 3.8) is 0 Å². The number of nitriles is 1. The zero-order valence-corrected chi connectivity index (χ0v) is 15.0. The van der Waals surface area contributed by atoms with E-state index in [1.807, 2.05) is 30.3 Å². The standard InChI is InChI=1S/C19H24N4O2/c1-4-11-24-17-10-8-7-9-15(17)13-21-23-19-16(12-20)22-18(25-19)14(5-2)6-3/h7-10,13-14,23H,4-6,11H2,1-3H3/b21-13+. The first-order valence-corrected chi connectivity index (χ1v) is 8.65. The molecule has 6 heteroatoms. The quantitative estimate of drug-likeness (QED) is 0.529. The zero-order valence-electron chi connectivity index (χ0n) is 15.0. The number of aromatic nitrogens is 1. The SMILES string of the molecule is CCCOc1ccccc1/C=N/Nc1oc(C(CC)CC)nc1C#N. The average Bonchev–Trinajstić information content (AvgIpc) is 3.05. The van der Waals surface area contributed by atoms with Crippen molar-refractivity contribution in [2.24, 2.45) is 5.10 Å². The van der Waals surface area contributed by atoms with Crippen LogP contribution >= 0.6 is 0 Å². The van der Waals surface area contributed by atoms with Crippen molar-refractivity contribution >= 4 is 12.1 Å². The van der Waals surface area contributed by atoms with Gasteiger partial charge in [-0.15, -0.1) is 0 Å². The molecule has 1 aromatic heterocycles. The van der Waals surface area contributed by atoms with E-state index in [2.05, 4.69) is 36.3 Å². The third-order valence-electron chi connectivity index (χ3n) is 3.83. The lowest BCUT2D eigenvalue weighted by molar-refractivity contribution is 0.317. The highest BCUT2D eigenvalue weighted by molar-refractivity contribution is 5.83. The minimum absolute atomic E-state index is 0.204. The van der Waals surface area contributed by atoms with Crippen molar-refractivity contribution in [2.75, 3.05) is 12.0 Å². The average molecular weight is 340 g/mol. The van der Waals surface area contributed by atoms with E-state index in [0.717, 1.165) is 30.6 Å². The highest BCUT2D eigenvalue weighted by Gasteiger charge is 2.18. The molecule has 0 aliphatic heterocycles. The van der Waals surface area contributed by atoms with Gasteiger partial charge >= 0.3 is 0 Å². The van der Waals surface area contributed by atoms with Crippen LogP contribution in [0.15, 0.2) is 33.8 Å². The van der Waals surface area contributed by atoms with Crippen LogP contribution in [0.3, 0.4) is 0 Å². The van der Waals surface area contributed by atoms with E-state index in [9.17, 15) is 5.26 Å². The zero-order chi connectivity index (χ0) is 18.1. The van der Waals surface area contributed by atoms with E-state index < -0.39 is 0 Å². The van der Waals surface area contributed by atoms with Gasteiger partial charge in [-0.3, -0.25) is 0 Å². The molecule has 0 atom stereocenters. The van der Waals surface area contributed by atoms with E-state index in [0.29, 0.717) is 12.5 Å². The summed E-state index contributed by atoms with van der Waals surface area (Å²) in [5, 5.41) is 13.4. The summed E-state index contributed by atoms with van der Waals surface area (Å²) in [6.07, 6.45) is 4.40. The fraction of sp³-hybridized carbons (Fsp3) is 0.421. The first kappa shape index (κ1) is 18.5. The summed E-state index contributed by atoms with van der Waals surface area (Å²) in [4.78, 5) is 4.27. The number of rotatable bonds is 9. The van der Waals surface area contributed by atoms with Gasteiger partial charge in [-0.05, 0) is 31.4 Å². The summed E-state index contributed by atoms with van der Waals surface area (Å²) in [5.41, 5.74) is 3.85. The Kier molecular flexibility index (Phi) is 7.02. The maximum absolute atomic E-state index is 9.23. The number of hydrazone groups is 1. The van der Waals surface area contributed by atoms with Crippen LogP contribution < -0.4 is 10.2 Å². The first-order valence-electron chi connectivity index (χ1n) is 8.65. The van der Waals surface area contributed by atoms with Crippen LogP contribution in [0.25, 0.3) is 0 Å². The Morgan fingerprint density at radius 2 is 2.08 bits per heavy atom. The molecule has 0 saturated carbocycles. The highest BCUT2D eigenvalue weighted by Crippen LogP contribution is 2.27. The molecule has 1 heterocycles. The fourth-order valence-electron chi connectivity index (χ4n) is 2.39. The fourth-order valence-corrected chi connectivity index (χ4v) is 2.39. The number of anilines is 1. The normalized spacial score (nSPS) is 11.0. The smallest absolute Gasteiger partial charge is 0.252 e. The Hall–Kier alpha value is -2.81. The van der Waals surface area contributed by atoms with E-state index in [1.54, 1.807) is 6.21 Å². The Bertz CT molecular complexity index is 742. The second-order valence-electron chi connectivity index (χ2n) is 5.61.